The normalized spacial score (nSPS) is 18.7. The minimum absolute atomic E-state index is 0.474. The Morgan fingerprint density at radius 3 is 3.00 bits per heavy atom. The number of rotatable bonds is 7. The van der Waals surface area contributed by atoms with E-state index >= 15 is 0 Å². The molecule has 2 rings (SSSR count). The Bertz CT molecular complexity index is 418. The molecule has 1 aliphatic heterocycles. The lowest BCUT2D eigenvalue weighted by atomic mass is 10.1. The monoisotopic (exact) mass is 279 g/mol. The molecular weight excluding hydrogens is 254 g/mol. The van der Waals surface area contributed by atoms with E-state index in [0.717, 1.165) is 44.0 Å². The van der Waals surface area contributed by atoms with E-state index in [-0.39, 0.29) is 0 Å². The van der Waals surface area contributed by atoms with Crippen LogP contribution in [0.4, 0.5) is 0 Å². The summed E-state index contributed by atoms with van der Waals surface area (Å²) >= 11 is 0. The Balaban J connectivity index is 1.81. The van der Waals surface area contributed by atoms with E-state index in [0.29, 0.717) is 24.5 Å². The van der Waals surface area contributed by atoms with Gasteiger partial charge in [-0.2, -0.15) is 0 Å². The molecule has 0 amide bonds. The van der Waals surface area contributed by atoms with Gasteiger partial charge in [0.25, 0.3) is 0 Å². The van der Waals surface area contributed by atoms with Crippen LogP contribution in [-0.4, -0.2) is 36.3 Å². The summed E-state index contributed by atoms with van der Waals surface area (Å²) in [5.74, 6) is 1.12. The molecule has 5 nitrogen and oxygen atoms in total. The smallest absolute Gasteiger partial charge is 0.316 e. The van der Waals surface area contributed by atoms with E-state index in [1.54, 1.807) is 0 Å². The van der Waals surface area contributed by atoms with E-state index in [9.17, 15) is 0 Å². The van der Waals surface area contributed by atoms with Crippen LogP contribution < -0.4 is 10.1 Å². The average Bonchev–Trinajstić information content (AvgIpc) is 2.91. The quantitative estimate of drug-likeness (QED) is 0.826. The molecule has 1 fully saturated rings. The summed E-state index contributed by atoms with van der Waals surface area (Å²) in [7, 11) is 0. The Morgan fingerprint density at radius 2 is 2.35 bits per heavy atom. The second-order valence-electron chi connectivity index (χ2n) is 5.83. The van der Waals surface area contributed by atoms with E-state index in [4.69, 9.17) is 9.47 Å². The second-order valence-corrected chi connectivity index (χ2v) is 5.83. The molecule has 0 radical (unpaired) electrons. The van der Waals surface area contributed by atoms with Crippen molar-refractivity contribution >= 4 is 0 Å². The number of aromatic nitrogens is 2. The van der Waals surface area contributed by atoms with Crippen molar-refractivity contribution in [3.8, 4) is 6.01 Å². The van der Waals surface area contributed by atoms with Gasteiger partial charge in [0.15, 0.2) is 0 Å². The molecule has 0 bridgehead atoms. The number of aryl methyl sites for hydroxylation is 1. The summed E-state index contributed by atoms with van der Waals surface area (Å²) in [6, 6.07) is 0.474. The summed E-state index contributed by atoms with van der Waals surface area (Å²) in [6.45, 7) is 10.5. The van der Waals surface area contributed by atoms with Gasteiger partial charge in [-0.15, -0.1) is 0 Å². The first-order chi connectivity index (χ1) is 9.65. The van der Waals surface area contributed by atoms with Crippen LogP contribution >= 0.6 is 0 Å². The van der Waals surface area contributed by atoms with Crippen molar-refractivity contribution < 1.29 is 9.47 Å². The zero-order valence-corrected chi connectivity index (χ0v) is 12.7. The van der Waals surface area contributed by atoms with Crippen molar-refractivity contribution in [2.24, 2.45) is 11.8 Å². The molecule has 1 atom stereocenters. The van der Waals surface area contributed by atoms with Crippen LogP contribution in [0.25, 0.3) is 0 Å². The lowest BCUT2D eigenvalue weighted by Crippen LogP contribution is -2.20. The minimum Gasteiger partial charge on any atom is -0.463 e. The molecule has 0 aromatic carbocycles. The molecule has 112 valence electrons. The fourth-order valence-electron chi connectivity index (χ4n) is 2.12. The second kappa shape index (κ2) is 7.55. The third kappa shape index (κ3) is 4.72. The lowest BCUT2D eigenvalue weighted by Gasteiger charge is -2.11. The zero-order valence-electron chi connectivity index (χ0n) is 12.7. The first-order valence-electron chi connectivity index (χ1n) is 7.39. The first kappa shape index (κ1) is 15.2. The highest BCUT2D eigenvalue weighted by atomic mass is 16.5. The maximum Gasteiger partial charge on any atom is 0.316 e. The number of nitrogens with one attached hydrogen (secondary N) is 1. The summed E-state index contributed by atoms with van der Waals surface area (Å²) < 4.78 is 11.0. The molecule has 1 aromatic rings. The number of hydrogen-bond donors (Lipinski definition) is 1. The Kier molecular flexibility index (Phi) is 5.73. The van der Waals surface area contributed by atoms with Gasteiger partial charge in [-0.3, -0.25) is 0 Å². The fourth-order valence-corrected chi connectivity index (χ4v) is 2.12. The molecule has 20 heavy (non-hydrogen) atoms. The standard InChI is InChI=1S/C15H25N3O2/c1-11(2)6-16-7-14-8-17-15(18-12(14)3)20-10-13-4-5-19-9-13/h8,11,13,16H,4-7,9-10H2,1-3H3. The molecular formula is C15H25N3O2. The maximum atomic E-state index is 5.65. The van der Waals surface area contributed by atoms with Crippen molar-refractivity contribution in [2.45, 2.75) is 33.7 Å². The molecule has 0 saturated carbocycles. The largest absolute Gasteiger partial charge is 0.463 e. The summed E-state index contributed by atoms with van der Waals surface area (Å²) in [6.07, 6.45) is 2.92. The molecule has 5 heteroatoms. The highest BCUT2D eigenvalue weighted by Gasteiger charge is 2.16. The van der Waals surface area contributed by atoms with Gasteiger partial charge in [0.2, 0.25) is 0 Å². The van der Waals surface area contributed by atoms with Gasteiger partial charge in [-0.05, 0) is 25.8 Å². The van der Waals surface area contributed by atoms with Crippen LogP contribution in [0.2, 0.25) is 0 Å². The van der Waals surface area contributed by atoms with E-state index in [1.807, 2.05) is 13.1 Å². The molecule has 1 aliphatic rings. The topological polar surface area (TPSA) is 56.3 Å². The summed E-state index contributed by atoms with van der Waals surface area (Å²) in [5, 5.41) is 3.40. The van der Waals surface area contributed by atoms with Crippen LogP contribution in [0.3, 0.4) is 0 Å². The average molecular weight is 279 g/mol. The van der Waals surface area contributed by atoms with Crippen LogP contribution in [0.1, 0.15) is 31.5 Å². The molecule has 1 unspecified atom stereocenters. The van der Waals surface area contributed by atoms with Crippen LogP contribution in [0.5, 0.6) is 6.01 Å². The molecule has 1 N–H and O–H groups in total. The van der Waals surface area contributed by atoms with Crippen molar-refractivity contribution in [3.05, 3.63) is 17.5 Å². The summed E-state index contributed by atoms with van der Waals surface area (Å²) in [4.78, 5) is 8.70. The van der Waals surface area contributed by atoms with Gasteiger partial charge in [-0.25, -0.2) is 9.97 Å². The van der Waals surface area contributed by atoms with E-state index in [1.165, 1.54) is 0 Å². The van der Waals surface area contributed by atoms with Gasteiger partial charge in [0.05, 0.1) is 13.2 Å². The Morgan fingerprint density at radius 1 is 1.50 bits per heavy atom. The molecule has 0 aliphatic carbocycles. The molecule has 0 spiro atoms. The zero-order chi connectivity index (χ0) is 14.4. The van der Waals surface area contributed by atoms with Crippen molar-refractivity contribution in [2.75, 3.05) is 26.4 Å². The van der Waals surface area contributed by atoms with Crippen molar-refractivity contribution in [1.82, 2.24) is 15.3 Å². The van der Waals surface area contributed by atoms with E-state index < -0.39 is 0 Å². The maximum absolute atomic E-state index is 5.65. The van der Waals surface area contributed by atoms with Crippen LogP contribution in [-0.2, 0) is 11.3 Å². The van der Waals surface area contributed by atoms with Crippen LogP contribution in [0.15, 0.2) is 6.20 Å². The van der Waals surface area contributed by atoms with Gasteiger partial charge >= 0.3 is 6.01 Å². The van der Waals surface area contributed by atoms with Crippen molar-refractivity contribution in [1.29, 1.82) is 0 Å². The summed E-state index contributed by atoms with van der Waals surface area (Å²) in [5.41, 5.74) is 2.11. The third-order valence-electron chi connectivity index (χ3n) is 3.40. The highest BCUT2D eigenvalue weighted by molar-refractivity contribution is 5.17. The number of nitrogens with zero attached hydrogens (tertiary/aromatic N) is 2. The lowest BCUT2D eigenvalue weighted by molar-refractivity contribution is 0.163. The fraction of sp³-hybridized carbons (Fsp3) is 0.733. The minimum atomic E-state index is 0.474. The SMILES string of the molecule is Cc1nc(OCC2CCOC2)ncc1CNCC(C)C. The van der Waals surface area contributed by atoms with Gasteiger partial charge in [0, 0.05) is 36.5 Å². The van der Waals surface area contributed by atoms with Crippen LogP contribution in [0, 0.1) is 18.8 Å². The van der Waals surface area contributed by atoms with Gasteiger partial charge < -0.3 is 14.8 Å². The number of hydrogen-bond acceptors (Lipinski definition) is 5. The van der Waals surface area contributed by atoms with E-state index in [2.05, 4.69) is 29.1 Å². The van der Waals surface area contributed by atoms with Gasteiger partial charge in [-0.1, -0.05) is 13.8 Å². The Hall–Kier alpha value is -1.20. The van der Waals surface area contributed by atoms with Crippen molar-refractivity contribution in [3.63, 3.8) is 0 Å². The third-order valence-corrected chi connectivity index (χ3v) is 3.40. The predicted octanol–water partition coefficient (Wildman–Crippen LogP) is 1.95. The Labute approximate surface area is 121 Å². The number of ether oxygens (including phenoxy) is 2. The molecule has 1 saturated heterocycles. The molecule has 1 aromatic heterocycles. The highest BCUT2D eigenvalue weighted by Crippen LogP contribution is 2.14. The first-order valence-corrected chi connectivity index (χ1v) is 7.39. The predicted molar refractivity (Wildman–Crippen MR) is 77.7 cm³/mol. The molecule has 2 heterocycles. The van der Waals surface area contributed by atoms with Gasteiger partial charge in [0.1, 0.15) is 0 Å².